The zero-order chi connectivity index (χ0) is 19.1. The molecule has 0 aliphatic heterocycles. The fourth-order valence-electron chi connectivity index (χ4n) is 2.21. The maximum Gasteiger partial charge on any atom is 0.262 e. The highest BCUT2D eigenvalue weighted by Gasteiger charge is 2.24. The van der Waals surface area contributed by atoms with E-state index in [0.717, 1.165) is 4.47 Å². The van der Waals surface area contributed by atoms with E-state index in [1.54, 1.807) is 36.4 Å². The van der Waals surface area contributed by atoms with Crippen LogP contribution in [0.15, 0.2) is 58.1 Å². The van der Waals surface area contributed by atoms with Gasteiger partial charge in [0.2, 0.25) is 0 Å². The van der Waals surface area contributed by atoms with Crippen molar-refractivity contribution in [2.24, 2.45) is 11.0 Å². The molecule has 0 aliphatic rings. The molecule has 0 spiro atoms. The second-order valence-electron chi connectivity index (χ2n) is 6.00. The van der Waals surface area contributed by atoms with Gasteiger partial charge in [-0.1, -0.05) is 48.0 Å². The number of phenolic OH excluding ortho intramolecular Hbond substituents is 1. The van der Waals surface area contributed by atoms with Crippen molar-refractivity contribution in [3.8, 4) is 5.75 Å². The van der Waals surface area contributed by atoms with Gasteiger partial charge in [-0.05, 0) is 36.2 Å². The zero-order valence-corrected chi connectivity index (χ0v) is 16.0. The Morgan fingerprint density at radius 2 is 1.85 bits per heavy atom. The molecule has 136 valence electrons. The summed E-state index contributed by atoms with van der Waals surface area (Å²) >= 11 is 3.30. The lowest BCUT2D eigenvalue weighted by atomic mass is 10.0. The van der Waals surface area contributed by atoms with Crippen molar-refractivity contribution in [2.45, 2.75) is 19.9 Å². The van der Waals surface area contributed by atoms with Crippen molar-refractivity contribution in [2.75, 3.05) is 0 Å². The molecule has 1 atom stereocenters. The Morgan fingerprint density at radius 1 is 1.15 bits per heavy atom. The topological polar surface area (TPSA) is 90.8 Å². The van der Waals surface area contributed by atoms with Crippen LogP contribution < -0.4 is 10.7 Å². The van der Waals surface area contributed by atoms with Gasteiger partial charge in [0.15, 0.2) is 0 Å². The SMILES string of the molecule is CC(C)C(NC(=O)c1ccccc1)C(=O)NN=Cc1cc(Br)ccc1O. The molecule has 0 radical (unpaired) electrons. The van der Waals surface area contributed by atoms with E-state index < -0.39 is 11.9 Å². The molecule has 0 aliphatic carbocycles. The number of hydrazone groups is 1. The minimum Gasteiger partial charge on any atom is -0.507 e. The Kier molecular flexibility index (Phi) is 6.91. The van der Waals surface area contributed by atoms with E-state index in [4.69, 9.17) is 0 Å². The summed E-state index contributed by atoms with van der Waals surface area (Å²) in [5.41, 5.74) is 3.34. The third-order valence-corrected chi connectivity index (χ3v) is 4.13. The van der Waals surface area contributed by atoms with Crippen LogP contribution in [-0.2, 0) is 4.79 Å². The van der Waals surface area contributed by atoms with Crippen LogP contribution >= 0.6 is 15.9 Å². The minimum absolute atomic E-state index is 0.0454. The van der Waals surface area contributed by atoms with Crippen molar-refractivity contribution < 1.29 is 14.7 Å². The van der Waals surface area contributed by atoms with E-state index in [2.05, 4.69) is 31.8 Å². The Bertz CT molecular complexity index is 807. The Morgan fingerprint density at radius 3 is 2.50 bits per heavy atom. The standard InChI is InChI=1S/C19H20BrN3O3/c1-12(2)17(22-18(25)13-6-4-3-5-7-13)19(26)23-21-11-14-10-15(20)8-9-16(14)24/h3-12,17,24H,1-2H3,(H,22,25)(H,23,26). The first-order chi connectivity index (χ1) is 12.4. The summed E-state index contributed by atoms with van der Waals surface area (Å²) < 4.78 is 0.776. The highest BCUT2D eigenvalue weighted by Crippen LogP contribution is 2.19. The van der Waals surface area contributed by atoms with Crippen LogP contribution in [0.4, 0.5) is 0 Å². The van der Waals surface area contributed by atoms with Crippen molar-refractivity contribution in [1.82, 2.24) is 10.7 Å². The first-order valence-electron chi connectivity index (χ1n) is 8.06. The van der Waals surface area contributed by atoms with Gasteiger partial charge in [-0.15, -0.1) is 0 Å². The molecular weight excluding hydrogens is 398 g/mol. The molecule has 2 aromatic rings. The van der Waals surface area contributed by atoms with Gasteiger partial charge in [-0.2, -0.15) is 5.10 Å². The molecule has 0 aromatic heterocycles. The number of carbonyl (C=O) groups is 2. The Balaban J connectivity index is 2.03. The summed E-state index contributed by atoms with van der Waals surface area (Å²) in [4.78, 5) is 24.7. The second kappa shape index (κ2) is 9.15. The molecule has 0 fully saturated rings. The average molecular weight is 418 g/mol. The maximum absolute atomic E-state index is 12.4. The van der Waals surface area contributed by atoms with Gasteiger partial charge in [-0.25, -0.2) is 5.43 Å². The van der Waals surface area contributed by atoms with Crippen molar-refractivity contribution in [1.29, 1.82) is 0 Å². The number of hydrogen-bond donors (Lipinski definition) is 3. The molecule has 0 saturated heterocycles. The summed E-state index contributed by atoms with van der Waals surface area (Å²) in [5.74, 6) is -0.843. The average Bonchev–Trinajstić information content (AvgIpc) is 2.62. The van der Waals surface area contributed by atoms with E-state index in [0.29, 0.717) is 11.1 Å². The van der Waals surface area contributed by atoms with Gasteiger partial charge in [0.1, 0.15) is 11.8 Å². The minimum atomic E-state index is -0.740. The number of nitrogens with zero attached hydrogens (tertiary/aromatic N) is 1. The van der Waals surface area contributed by atoms with Gasteiger partial charge in [0.25, 0.3) is 11.8 Å². The number of nitrogens with one attached hydrogen (secondary N) is 2. The molecule has 2 rings (SSSR count). The van der Waals surface area contributed by atoms with Crippen LogP contribution in [0.1, 0.15) is 29.8 Å². The smallest absolute Gasteiger partial charge is 0.262 e. The summed E-state index contributed by atoms with van der Waals surface area (Å²) in [6, 6.07) is 12.8. The van der Waals surface area contributed by atoms with Gasteiger partial charge in [-0.3, -0.25) is 9.59 Å². The van der Waals surface area contributed by atoms with Crippen LogP contribution in [-0.4, -0.2) is 29.2 Å². The molecule has 26 heavy (non-hydrogen) atoms. The monoisotopic (exact) mass is 417 g/mol. The molecule has 0 bridgehead atoms. The molecule has 0 heterocycles. The number of carbonyl (C=O) groups excluding carboxylic acids is 2. The van der Waals surface area contributed by atoms with Crippen molar-refractivity contribution in [3.63, 3.8) is 0 Å². The molecule has 7 heteroatoms. The molecular formula is C19H20BrN3O3. The lowest BCUT2D eigenvalue weighted by molar-refractivity contribution is -0.123. The number of aromatic hydroxyl groups is 1. The molecule has 3 N–H and O–H groups in total. The largest absolute Gasteiger partial charge is 0.507 e. The quantitative estimate of drug-likeness (QED) is 0.498. The number of phenols is 1. The van der Waals surface area contributed by atoms with Gasteiger partial charge in [0.05, 0.1) is 6.21 Å². The Hall–Kier alpha value is -2.67. The third kappa shape index (κ3) is 5.42. The van der Waals surface area contributed by atoms with Gasteiger partial charge >= 0.3 is 0 Å². The van der Waals surface area contributed by atoms with E-state index in [1.165, 1.54) is 12.3 Å². The van der Waals surface area contributed by atoms with Crippen molar-refractivity contribution >= 4 is 34.0 Å². The zero-order valence-electron chi connectivity index (χ0n) is 14.4. The molecule has 0 saturated carbocycles. The molecule has 2 amide bonds. The van der Waals surface area contributed by atoms with E-state index in [-0.39, 0.29) is 17.6 Å². The lowest BCUT2D eigenvalue weighted by Crippen LogP contribution is -2.48. The fourth-order valence-corrected chi connectivity index (χ4v) is 2.59. The van der Waals surface area contributed by atoms with E-state index in [1.807, 2.05) is 19.9 Å². The number of halogens is 1. The van der Waals surface area contributed by atoms with Crippen LogP contribution in [0.3, 0.4) is 0 Å². The van der Waals surface area contributed by atoms with Gasteiger partial charge < -0.3 is 10.4 Å². The summed E-state index contributed by atoms with van der Waals surface area (Å²) in [6.07, 6.45) is 1.34. The highest BCUT2D eigenvalue weighted by atomic mass is 79.9. The second-order valence-corrected chi connectivity index (χ2v) is 6.91. The van der Waals surface area contributed by atoms with Crippen LogP contribution in [0.5, 0.6) is 5.75 Å². The highest BCUT2D eigenvalue weighted by molar-refractivity contribution is 9.10. The lowest BCUT2D eigenvalue weighted by Gasteiger charge is -2.20. The molecule has 1 unspecified atom stereocenters. The first-order valence-corrected chi connectivity index (χ1v) is 8.85. The van der Waals surface area contributed by atoms with Crippen molar-refractivity contribution in [3.05, 3.63) is 64.1 Å². The Labute approximate surface area is 160 Å². The third-order valence-electron chi connectivity index (χ3n) is 3.64. The molecule has 6 nitrogen and oxygen atoms in total. The van der Waals surface area contributed by atoms with Crippen LogP contribution in [0.2, 0.25) is 0 Å². The number of rotatable bonds is 6. The molecule has 2 aromatic carbocycles. The number of amides is 2. The van der Waals surface area contributed by atoms with Crippen LogP contribution in [0, 0.1) is 5.92 Å². The predicted molar refractivity (Wildman–Crippen MR) is 104 cm³/mol. The number of hydrogen-bond acceptors (Lipinski definition) is 4. The van der Waals surface area contributed by atoms with Crippen LogP contribution in [0.25, 0.3) is 0 Å². The van der Waals surface area contributed by atoms with E-state index >= 15 is 0 Å². The predicted octanol–water partition coefficient (Wildman–Crippen LogP) is 3.06. The summed E-state index contributed by atoms with van der Waals surface area (Å²) in [5, 5.41) is 16.4. The summed E-state index contributed by atoms with van der Waals surface area (Å²) in [7, 11) is 0. The maximum atomic E-state index is 12.4. The fraction of sp³-hybridized carbons (Fsp3) is 0.211. The normalized spacial score (nSPS) is 12.2. The first kappa shape index (κ1) is 19.7. The summed E-state index contributed by atoms with van der Waals surface area (Å²) in [6.45, 7) is 3.67. The van der Waals surface area contributed by atoms with Gasteiger partial charge in [0, 0.05) is 15.6 Å². The van der Waals surface area contributed by atoms with E-state index in [9.17, 15) is 14.7 Å². The number of benzene rings is 2.